The molecule has 0 atom stereocenters. The first-order chi connectivity index (χ1) is 7.23. The summed E-state index contributed by atoms with van der Waals surface area (Å²) >= 11 is -6.10. The summed E-state index contributed by atoms with van der Waals surface area (Å²) in [6.45, 7) is 0. The number of hydrogen-bond donors (Lipinski definition) is 0. The molecule has 0 amide bonds. The van der Waals surface area contributed by atoms with E-state index in [1.54, 1.807) is 0 Å². The zero-order valence-corrected chi connectivity index (χ0v) is 10.6. The van der Waals surface area contributed by atoms with E-state index in [0.717, 1.165) is 0 Å². The van der Waals surface area contributed by atoms with Gasteiger partial charge in [0.1, 0.15) is 0 Å². The van der Waals surface area contributed by atoms with Gasteiger partial charge in [-0.2, -0.15) is 0 Å². The summed E-state index contributed by atoms with van der Waals surface area (Å²) in [5.74, 6) is -13.9. The summed E-state index contributed by atoms with van der Waals surface area (Å²) in [6.07, 6.45) is -6.91. The first-order valence-corrected chi connectivity index (χ1v) is 7.27. The van der Waals surface area contributed by atoms with Crippen LogP contribution >= 0.6 is 0 Å². The van der Waals surface area contributed by atoms with Crippen molar-refractivity contribution in [2.45, 2.75) is 22.0 Å². The molecular formula is C5H3F9O2Sn. The summed E-state index contributed by atoms with van der Waals surface area (Å²) in [6, 6.07) is 0. The molecule has 0 aliphatic carbocycles. The predicted octanol–water partition coefficient (Wildman–Crippen LogP) is 2.56. The van der Waals surface area contributed by atoms with E-state index in [9.17, 15) is 42.6 Å². The Balaban J connectivity index is 5.63. The van der Waals surface area contributed by atoms with Crippen molar-refractivity contribution in [3.05, 3.63) is 0 Å². The molecule has 0 heterocycles. The van der Waals surface area contributed by atoms with Gasteiger partial charge in [0.2, 0.25) is 0 Å². The van der Waals surface area contributed by atoms with E-state index in [1.807, 2.05) is 0 Å². The van der Waals surface area contributed by atoms with E-state index in [4.69, 9.17) is 0 Å². The Morgan fingerprint density at radius 2 is 1.18 bits per heavy atom. The van der Waals surface area contributed by atoms with Crippen LogP contribution < -0.4 is 0 Å². The maximum atomic E-state index is 12.5. The molecule has 0 aliphatic rings. The van der Waals surface area contributed by atoms with Crippen LogP contribution in [0.2, 0.25) is 0 Å². The van der Waals surface area contributed by atoms with Crippen molar-refractivity contribution in [3.8, 4) is 0 Å². The summed E-state index contributed by atoms with van der Waals surface area (Å²) in [7, 11) is 0.248. The number of hydrogen-bond acceptors (Lipinski definition) is 2. The molecule has 17 heavy (non-hydrogen) atoms. The molecule has 0 N–H and O–H groups in total. The molecule has 0 radical (unpaired) electrons. The van der Waals surface area contributed by atoms with E-state index < -0.39 is 42.1 Å². The Bertz CT molecular complexity index is 309. The molecule has 0 saturated heterocycles. The molecule has 102 valence electrons. The molecule has 0 fully saturated rings. The molecule has 2 nitrogen and oxygen atoms in total. The fourth-order valence-electron chi connectivity index (χ4n) is 0.632. The van der Waals surface area contributed by atoms with Crippen LogP contribution in [-0.4, -0.2) is 49.2 Å². The molecule has 0 aromatic rings. The van der Waals surface area contributed by atoms with Crippen LogP contribution in [0.5, 0.6) is 0 Å². The zero-order chi connectivity index (χ0) is 14.3. The third kappa shape index (κ3) is 2.53. The minimum absolute atomic E-state index is 0.248. The summed E-state index contributed by atoms with van der Waals surface area (Å²) < 4.78 is 117. The maximum absolute atomic E-state index is 12.5. The van der Waals surface area contributed by atoms with Crippen molar-refractivity contribution in [1.29, 1.82) is 0 Å². The van der Waals surface area contributed by atoms with Crippen LogP contribution in [0.15, 0.2) is 0 Å². The van der Waals surface area contributed by atoms with E-state index in [-0.39, 0.29) is 7.11 Å². The monoisotopic (exact) mass is 386 g/mol. The quantitative estimate of drug-likeness (QED) is 0.550. The van der Waals surface area contributed by atoms with E-state index >= 15 is 0 Å². The first-order valence-electron chi connectivity index (χ1n) is 3.52. The standard InChI is InChI=1S/C4F9.CH3O.O.Sn/c5-1(6)2(7,8)3(9,10)4(11,12)13;1-2;;/h;1H3;;/q;-1;;+1. The second-order valence-electron chi connectivity index (χ2n) is 2.71. The fraction of sp³-hybridized carbons (Fsp3) is 1.00. The van der Waals surface area contributed by atoms with Crippen molar-refractivity contribution in [2.75, 3.05) is 7.11 Å². The predicted molar refractivity (Wildman–Crippen MR) is 34.3 cm³/mol. The van der Waals surface area contributed by atoms with Crippen molar-refractivity contribution >= 4 is 20.2 Å². The molecule has 0 aliphatic heterocycles. The molecule has 12 heteroatoms. The molecule has 0 spiro atoms. The van der Waals surface area contributed by atoms with Gasteiger partial charge in [0.05, 0.1) is 0 Å². The average Bonchev–Trinajstić information content (AvgIpc) is 2.13. The van der Waals surface area contributed by atoms with Gasteiger partial charge in [0.15, 0.2) is 0 Å². The summed E-state index contributed by atoms with van der Waals surface area (Å²) in [5, 5.41) is 0. The first kappa shape index (κ1) is 16.9. The average molecular weight is 385 g/mol. The van der Waals surface area contributed by atoms with Crippen LogP contribution in [0.25, 0.3) is 0 Å². The molecule has 0 bridgehead atoms. The van der Waals surface area contributed by atoms with E-state index in [1.165, 1.54) is 0 Å². The van der Waals surface area contributed by atoms with Crippen LogP contribution in [0.3, 0.4) is 0 Å². The Morgan fingerprint density at radius 1 is 0.824 bits per heavy atom. The van der Waals surface area contributed by atoms with Crippen molar-refractivity contribution in [1.82, 2.24) is 0 Å². The number of halogens is 9. The third-order valence-corrected chi connectivity index (χ3v) is 5.00. The third-order valence-electron chi connectivity index (χ3n) is 1.59. The summed E-state index contributed by atoms with van der Waals surface area (Å²) in [5.41, 5.74) is 0. The molecule has 0 unspecified atom stereocenters. The number of rotatable bonds is 4. The van der Waals surface area contributed by atoms with E-state index in [2.05, 4.69) is 3.07 Å². The van der Waals surface area contributed by atoms with Gasteiger partial charge in [-0.1, -0.05) is 0 Å². The van der Waals surface area contributed by atoms with Crippen LogP contribution in [0.4, 0.5) is 39.5 Å². The van der Waals surface area contributed by atoms with Gasteiger partial charge in [-0.05, 0) is 0 Å². The topological polar surface area (TPSA) is 26.3 Å². The van der Waals surface area contributed by atoms with Crippen molar-refractivity contribution < 1.29 is 45.7 Å². The van der Waals surface area contributed by atoms with Crippen LogP contribution in [0.1, 0.15) is 0 Å². The van der Waals surface area contributed by atoms with Crippen LogP contribution in [-0.2, 0) is 6.15 Å². The SMILES string of the molecule is C[O][Sn](=[O])[C](F)(F)C(F)(F)C(F)(F)C(F)(F)F. The molecular weight excluding hydrogens is 382 g/mol. The van der Waals surface area contributed by atoms with Gasteiger partial charge in [-0.15, -0.1) is 0 Å². The van der Waals surface area contributed by atoms with E-state index in [0.29, 0.717) is 0 Å². The fourth-order valence-corrected chi connectivity index (χ4v) is 2.54. The van der Waals surface area contributed by atoms with Crippen molar-refractivity contribution in [3.63, 3.8) is 0 Å². The number of alkyl halides is 9. The Labute approximate surface area is 95.4 Å². The van der Waals surface area contributed by atoms with Gasteiger partial charge in [0.25, 0.3) is 0 Å². The summed E-state index contributed by atoms with van der Waals surface area (Å²) in [4.78, 5) is 0. The van der Waals surface area contributed by atoms with Gasteiger partial charge in [-0.3, -0.25) is 0 Å². The minimum atomic E-state index is -7.02. The Kier molecular flexibility index (Phi) is 4.53. The van der Waals surface area contributed by atoms with Gasteiger partial charge in [0, 0.05) is 0 Å². The molecule has 0 aromatic carbocycles. The molecule has 0 aromatic heterocycles. The Hall–Kier alpha value is -0.0713. The normalized spacial score (nSPS) is 14.9. The molecule has 0 rings (SSSR count). The van der Waals surface area contributed by atoms with Gasteiger partial charge in [-0.25, -0.2) is 0 Å². The Morgan fingerprint density at radius 3 is 1.41 bits per heavy atom. The van der Waals surface area contributed by atoms with Crippen LogP contribution in [0, 0.1) is 0 Å². The second kappa shape index (κ2) is 4.55. The van der Waals surface area contributed by atoms with Gasteiger partial charge >= 0.3 is 94.9 Å². The van der Waals surface area contributed by atoms with Gasteiger partial charge < -0.3 is 0 Å². The zero-order valence-electron chi connectivity index (χ0n) is 7.72. The second-order valence-corrected chi connectivity index (χ2v) is 7.31. The molecule has 0 saturated carbocycles. The van der Waals surface area contributed by atoms with Crippen molar-refractivity contribution in [2.24, 2.45) is 0 Å².